The lowest BCUT2D eigenvalue weighted by atomic mass is 10.00. The van der Waals surface area contributed by atoms with E-state index in [-0.39, 0.29) is 29.8 Å². The van der Waals surface area contributed by atoms with Gasteiger partial charge in [-0.3, -0.25) is 18.6 Å². The van der Waals surface area contributed by atoms with Crippen LogP contribution < -0.4 is 14.9 Å². The van der Waals surface area contributed by atoms with E-state index >= 15 is 0 Å². The fourth-order valence-corrected chi connectivity index (χ4v) is 5.61. The number of halogens is 1. The average molecular weight is 674 g/mol. The summed E-state index contributed by atoms with van der Waals surface area (Å²) in [6, 6.07) is 19.6. The van der Waals surface area contributed by atoms with E-state index in [2.05, 4.69) is 15.7 Å². The summed E-state index contributed by atoms with van der Waals surface area (Å²) in [5, 5.41) is 21.5. The van der Waals surface area contributed by atoms with E-state index in [1.807, 2.05) is 30.3 Å². The first-order chi connectivity index (χ1) is 22.9. The molecule has 0 aliphatic rings. The molecule has 0 saturated carbocycles. The molecule has 250 valence electrons. The van der Waals surface area contributed by atoms with E-state index < -0.39 is 45.8 Å². The molecular formula is C35H36FN5O6S. The molecule has 48 heavy (non-hydrogen) atoms. The summed E-state index contributed by atoms with van der Waals surface area (Å²) in [5.41, 5.74) is 3.27. The summed E-state index contributed by atoms with van der Waals surface area (Å²) in [6.45, 7) is 1.78. The predicted octanol–water partition coefficient (Wildman–Crippen LogP) is 4.57. The van der Waals surface area contributed by atoms with Crippen molar-refractivity contribution in [3.63, 3.8) is 0 Å². The SMILES string of the molecule is C[C@@H](NC(=O)c1cc(C(=O)N[C@@H](Cc2ccccc2)[C@@H](O)Cn2cc(-c3ccoc3)cn2)cc(N(C)S(C)(=O)=O)c1)c1ccc(F)cc1. The Bertz CT molecular complexity index is 1960. The van der Waals surface area contributed by atoms with Gasteiger partial charge in [0.1, 0.15) is 5.82 Å². The van der Waals surface area contributed by atoms with E-state index in [0.717, 1.165) is 27.3 Å². The van der Waals surface area contributed by atoms with E-state index in [1.165, 1.54) is 37.4 Å². The molecule has 5 aromatic rings. The summed E-state index contributed by atoms with van der Waals surface area (Å²) in [6.07, 6.45) is 6.74. The third-order valence-corrected chi connectivity index (χ3v) is 9.17. The minimum atomic E-state index is -3.76. The maximum Gasteiger partial charge on any atom is 0.251 e. The largest absolute Gasteiger partial charge is 0.472 e. The number of anilines is 1. The molecule has 0 radical (unpaired) electrons. The molecule has 11 nitrogen and oxygen atoms in total. The van der Waals surface area contributed by atoms with Gasteiger partial charge in [-0.2, -0.15) is 5.10 Å². The molecule has 3 aromatic carbocycles. The van der Waals surface area contributed by atoms with Gasteiger partial charge in [-0.05, 0) is 60.9 Å². The average Bonchev–Trinajstić information content (AvgIpc) is 3.77. The van der Waals surface area contributed by atoms with E-state index in [9.17, 15) is 27.5 Å². The highest BCUT2D eigenvalue weighted by Crippen LogP contribution is 2.23. The summed E-state index contributed by atoms with van der Waals surface area (Å²) in [4.78, 5) is 27.3. The Morgan fingerprint density at radius 1 is 0.979 bits per heavy atom. The first-order valence-electron chi connectivity index (χ1n) is 15.1. The van der Waals surface area contributed by atoms with Crippen LogP contribution in [-0.2, 0) is 23.0 Å². The minimum absolute atomic E-state index is 0.00850. The molecule has 2 amide bonds. The number of carbonyl (C=O) groups is 2. The summed E-state index contributed by atoms with van der Waals surface area (Å²) in [5.74, 6) is -1.61. The zero-order chi connectivity index (χ0) is 34.4. The molecular weight excluding hydrogens is 637 g/mol. The van der Waals surface area contributed by atoms with Crippen molar-refractivity contribution < 1.29 is 31.9 Å². The standard InChI is InChI=1S/C35H36FN5O6S/c1-23(25-9-11-30(36)12-10-25)38-34(43)27-16-28(18-31(17-27)40(2)48(3,45)46)35(44)39-32(15-24-7-5-4-6-8-24)33(42)21-41-20-29(19-37-41)26-13-14-47-22-26/h4-14,16-20,22-23,32-33,42H,15,21H2,1-3H3,(H,38,43)(H,39,44)/t23-,32+,33+/m1/s1. The van der Waals surface area contributed by atoms with Crippen molar-refractivity contribution in [2.45, 2.75) is 38.1 Å². The van der Waals surface area contributed by atoms with Crippen LogP contribution in [0.4, 0.5) is 10.1 Å². The molecule has 0 unspecified atom stereocenters. The number of aliphatic hydroxyl groups is 1. The smallest absolute Gasteiger partial charge is 0.251 e. The molecule has 2 aromatic heterocycles. The Hall–Kier alpha value is -5.27. The van der Waals surface area contributed by atoms with Gasteiger partial charge in [-0.1, -0.05) is 42.5 Å². The fourth-order valence-electron chi connectivity index (χ4n) is 5.12. The van der Waals surface area contributed by atoms with Crippen LogP contribution in [-0.4, -0.2) is 60.6 Å². The lowest BCUT2D eigenvalue weighted by Gasteiger charge is -2.25. The number of furan rings is 1. The highest BCUT2D eigenvalue weighted by atomic mass is 32.2. The van der Waals surface area contributed by atoms with Crippen LogP contribution in [0.2, 0.25) is 0 Å². The molecule has 3 N–H and O–H groups in total. The Morgan fingerprint density at radius 3 is 2.27 bits per heavy atom. The van der Waals surface area contributed by atoms with Crippen LogP contribution in [0, 0.1) is 5.82 Å². The lowest BCUT2D eigenvalue weighted by Crippen LogP contribution is -2.46. The summed E-state index contributed by atoms with van der Waals surface area (Å²) in [7, 11) is -2.44. The van der Waals surface area contributed by atoms with Gasteiger partial charge >= 0.3 is 0 Å². The van der Waals surface area contributed by atoms with Crippen molar-refractivity contribution >= 4 is 27.5 Å². The number of aromatic nitrogens is 2. The van der Waals surface area contributed by atoms with Gasteiger partial charge in [0.2, 0.25) is 10.0 Å². The van der Waals surface area contributed by atoms with Crippen LogP contribution in [0.15, 0.2) is 108 Å². The zero-order valence-electron chi connectivity index (χ0n) is 26.6. The second-order valence-corrected chi connectivity index (χ2v) is 13.6. The first-order valence-corrected chi connectivity index (χ1v) is 17.0. The number of hydrogen-bond acceptors (Lipinski definition) is 7. The molecule has 0 saturated heterocycles. The van der Waals surface area contributed by atoms with Crippen LogP contribution in [0.3, 0.4) is 0 Å². The van der Waals surface area contributed by atoms with Gasteiger partial charge in [-0.15, -0.1) is 0 Å². The number of sulfonamides is 1. The highest BCUT2D eigenvalue weighted by Gasteiger charge is 2.26. The molecule has 0 aliphatic carbocycles. The van der Waals surface area contributed by atoms with Crippen LogP contribution in [0.25, 0.3) is 11.1 Å². The van der Waals surface area contributed by atoms with Gasteiger partial charge in [0.25, 0.3) is 11.8 Å². The molecule has 0 aliphatic heterocycles. The lowest BCUT2D eigenvalue weighted by molar-refractivity contribution is 0.0780. The first kappa shape index (κ1) is 34.1. The second kappa shape index (κ2) is 14.7. The zero-order valence-corrected chi connectivity index (χ0v) is 27.4. The number of rotatable bonds is 13. The van der Waals surface area contributed by atoms with Crippen LogP contribution in [0.5, 0.6) is 0 Å². The molecule has 3 atom stereocenters. The normalized spacial score (nSPS) is 13.4. The molecule has 0 bridgehead atoms. The minimum Gasteiger partial charge on any atom is -0.472 e. The topological polar surface area (TPSA) is 147 Å². The Labute approximate surface area is 278 Å². The quantitative estimate of drug-likeness (QED) is 0.166. The van der Waals surface area contributed by atoms with Crippen LogP contribution in [0.1, 0.15) is 44.8 Å². The number of hydrogen-bond donors (Lipinski definition) is 3. The van der Waals surface area contributed by atoms with Gasteiger partial charge < -0.3 is 20.2 Å². The number of carbonyl (C=O) groups excluding carboxylic acids is 2. The highest BCUT2D eigenvalue weighted by molar-refractivity contribution is 7.92. The number of benzene rings is 3. The third kappa shape index (κ3) is 8.55. The number of nitrogens with zero attached hydrogens (tertiary/aromatic N) is 3. The van der Waals surface area contributed by atoms with Gasteiger partial charge in [0.15, 0.2) is 0 Å². The van der Waals surface area contributed by atoms with E-state index in [4.69, 9.17) is 4.42 Å². The van der Waals surface area contributed by atoms with Crippen molar-refractivity contribution in [2.24, 2.45) is 0 Å². The summed E-state index contributed by atoms with van der Waals surface area (Å²) >= 11 is 0. The van der Waals surface area contributed by atoms with Crippen LogP contribution >= 0.6 is 0 Å². The van der Waals surface area contributed by atoms with Crippen molar-refractivity contribution in [1.82, 2.24) is 20.4 Å². The Kier molecular flexibility index (Phi) is 10.4. The molecule has 0 fully saturated rings. The van der Waals surface area contributed by atoms with Crippen molar-refractivity contribution in [3.05, 3.63) is 132 Å². The molecule has 2 heterocycles. The Balaban J connectivity index is 1.42. The monoisotopic (exact) mass is 673 g/mol. The number of aliphatic hydroxyl groups excluding tert-OH is 1. The third-order valence-electron chi connectivity index (χ3n) is 7.96. The number of amides is 2. The maximum absolute atomic E-state index is 13.8. The molecule has 13 heteroatoms. The molecule has 0 spiro atoms. The summed E-state index contributed by atoms with van der Waals surface area (Å²) < 4.78 is 46.0. The van der Waals surface area contributed by atoms with Crippen molar-refractivity contribution in [2.75, 3.05) is 17.6 Å². The van der Waals surface area contributed by atoms with Gasteiger partial charge in [0.05, 0.1) is 55.4 Å². The predicted molar refractivity (Wildman–Crippen MR) is 179 cm³/mol. The maximum atomic E-state index is 13.8. The fraction of sp³-hybridized carbons (Fsp3) is 0.229. The van der Waals surface area contributed by atoms with Gasteiger partial charge in [0, 0.05) is 35.5 Å². The Morgan fingerprint density at radius 2 is 1.65 bits per heavy atom. The number of nitrogens with one attached hydrogen (secondary N) is 2. The van der Waals surface area contributed by atoms with E-state index in [0.29, 0.717) is 5.56 Å². The van der Waals surface area contributed by atoms with Crippen molar-refractivity contribution in [1.29, 1.82) is 0 Å². The second-order valence-electron chi connectivity index (χ2n) is 11.5. The molecule has 5 rings (SSSR count). The van der Waals surface area contributed by atoms with Gasteiger partial charge in [-0.25, -0.2) is 12.8 Å². The van der Waals surface area contributed by atoms with E-state index in [1.54, 1.807) is 54.7 Å². The van der Waals surface area contributed by atoms with Crippen molar-refractivity contribution in [3.8, 4) is 11.1 Å².